The van der Waals surface area contributed by atoms with Crippen LogP contribution in [-0.4, -0.2) is 14.2 Å². The van der Waals surface area contributed by atoms with Gasteiger partial charge in [-0.2, -0.15) is 0 Å². The Morgan fingerprint density at radius 2 is 2.08 bits per heavy atom. The number of carbonyl (C=O) groups is 1. The van der Waals surface area contributed by atoms with Crippen LogP contribution in [0.2, 0.25) is 5.02 Å². The standard InChI is InChI=1S/C18H15BrClNO3S2/c1-11-4-2-3-5-13(11)18(22)14-10-12(20)6-7-15(14)21-26(23,24)17-9-8-16(19)25-17/h2-3,5-11,21H,4H2,1H3. The summed E-state index contributed by atoms with van der Waals surface area (Å²) < 4.78 is 28.6. The van der Waals surface area contributed by atoms with Crippen molar-refractivity contribution in [3.05, 3.63) is 68.5 Å². The lowest BCUT2D eigenvalue weighted by Crippen LogP contribution is -2.17. The minimum Gasteiger partial charge on any atom is -0.289 e. The molecule has 1 aliphatic carbocycles. The van der Waals surface area contributed by atoms with Crippen LogP contribution >= 0.6 is 38.9 Å². The van der Waals surface area contributed by atoms with E-state index in [9.17, 15) is 13.2 Å². The predicted octanol–water partition coefficient (Wildman–Crippen LogP) is 5.67. The van der Waals surface area contributed by atoms with Crippen LogP contribution in [0.15, 0.2) is 62.1 Å². The van der Waals surface area contributed by atoms with Crippen molar-refractivity contribution in [1.82, 2.24) is 0 Å². The summed E-state index contributed by atoms with van der Waals surface area (Å²) in [5.74, 6) is -0.168. The lowest BCUT2D eigenvalue weighted by Gasteiger charge is -2.18. The highest BCUT2D eigenvalue weighted by atomic mass is 79.9. The molecule has 2 aromatic rings. The number of sulfonamides is 1. The van der Waals surface area contributed by atoms with Crippen molar-refractivity contribution in [2.45, 2.75) is 17.6 Å². The summed E-state index contributed by atoms with van der Waals surface area (Å²) in [5, 5.41) is 0.370. The molecular weight excluding hydrogens is 458 g/mol. The fourth-order valence-corrected chi connectivity index (χ4v) is 5.89. The van der Waals surface area contributed by atoms with Crippen LogP contribution in [-0.2, 0) is 10.0 Å². The van der Waals surface area contributed by atoms with E-state index in [1.807, 2.05) is 19.1 Å². The molecule has 0 bridgehead atoms. The fourth-order valence-electron chi connectivity index (χ4n) is 2.63. The molecule has 0 aliphatic heterocycles. The highest BCUT2D eigenvalue weighted by Gasteiger charge is 2.24. The van der Waals surface area contributed by atoms with Crippen LogP contribution < -0.4 is 4.72 Å². The van der Waals surface area contributed by atoms with Gasteiger partial charge in [-0.05, 0) is 58.6 Å². The lowest BCUT2D eigenvalue weighted by molar-refractivity contribution is 0.102. The fraction of sp³-hybridized carbons (Fsp3) is 0.167. The molecule has 0 amide bonds. The van der Waals surface area contributed by atoms with E-state index < -0.39 is 10.0 Å². The Morgan fingerprint density at radius 1 is 1.31 bits per heavy atom. The summed E-state index contributed by atoms with van der Waals surface area (Å²) in [6.45, 7) is 1.96. The molecule has 0 radical (unpaired) electrons. The molecular formula is C18H15BrClNO3S2. The first kappa shape index (κ1) is 19.4. The molecule has 1 unspecified atom stereocenters. The molecule has 1 aliphatic rings. The quantitative estimate of drug-likeness (QED) is 0.570. The monoisotopic (exact) mass is 471 g/mol. The van der Waals surface area contributed by atoms with Gasteiger partial charge in [0.15, 0.2) is 5.78 Å². The average molecular weight is 473 g/mol. The summed E-state index contributed by atoms with van der Waals surface area (Å²) in [7, 11) is -3.80. The Labute approximate surface area is 169 Å². The van der Waals surface area contributed by atoms with Gasteiger partial charge in [0.1, 0.15) is 4.21 Å². The zero-order valence-corrected chi connectivity index (χ0v) is 17.7. The third kappa shape index (κ3) is 4.11. The second-order valence-electron chi connectivity index (χ2n) is 5.87. The Kier molecular flexibility index (Phi) is 5.72. The zero-order chi connectivity index (χ0) is 18.9. The molecule has 1 atom stereocenters. The molecule has 0 fully saturated rings. The smallest absolute Gasteiger partial charge is 0.271 e. The van der Waals surface area contributed by atoms with E-state index in [1.54, 1.807) is 18.2 Å². The molecule has 3 rings (SSSR count). The number of hydrogen-bond acceptors (Lipinski definition) is 4. The van der Waals surface area contributed by atoms with E-state index in [0.717, 1.165) is 17.8 Å². The number of halogens is 2. The molecule has 26 heavy (non-hydrogen) atoms. The van der Waals surface area contributed by atoms with E-state index in [1.165, 1.54) is 18.2 Å². The molecule has 4 nitrogen and oxygen atoms in total. The van der Waals surface area contributed by atoms with Crippen molar-refractivity contribution in [2.24, 2.45) is 5.92 Å². The summed E-state index contributed by atoms with van der Waals surface area (Å²) in [5.41, 5.74) is 1.09. The van der Waals surface area contributed by atoms with E-state index in [0.29, 0.717) is 14.4 Å². The number of allylic oxidation sites excluding steroid dienone is 4. The Balaban J connectivity index is 2.00. The third-order valence-electron chi connectivity index (χ3n) is 3.98. The van der Waals surface area contributed by atoms with Crippen LogP contribution in [0.25, 0.3) is 0 Å². The molecule has 1 aromatic heterocycles. The first-order valence-corrected chi connectivity index (χ1v) is 11.2. The van der Waals surface area contributed by atoms with E-state index >= 15 is 0 Å². The molecule has 1 N–H and O–H groups in total. The SMILES string of the molecule is CC1CC=CC=C1C(=O)c1cc(Cl)ccc1NS(=O)(=O)c1ccc(Br)s1. The normalized spacial score (nSPS) is 17.0. The van der Waals surface area contributed by atoms with Crippen molar-refractivity contribution in [3.8, 4) is 0 Å². The molecule has 0 saturated heterocycles. The van der Waals surface area contributed by atoms with Gasteiger partial charge in [0.2, 0.25) is 0 Å². The van der Waals surface area contributed by atoms with Crippen LogP contribution in [0.5, 0.6) is 0 Å². The van der Waals surface area contributed by atoms with Crippen LogP contribution in [0.3, 0.4) is 0 Å². The van der Waals surface area contributed by atoms with Gasteiger partial charge in [-0.3, -0.25) is 9.52 Å². The lowest BCUT2D eigenvalue weighted by atomic mass is 9.87. The summed E-state index contributed by atoms with van der Waals surface area (Å²) in [4.78, 5) is 13.0. The predicted molar refractivity (Wildman–Crippen MR) is 110 cm³/mol. The number of ketones is 1. The van der Waals surface area contributed by atoms with Crippen molar-refractivity contribution in [3.63, 3.8) is 0 Å². The first-order valence-electron chi connectivity index (χ1n) is 7.77. The minimum atomic E-state index is -3.80. The topological polar surface area (TPSA) is 63.2 Å². The maximum Gasteiger partial charge on any atom is 0.271 e. The number of nitrogens with one attached hydrogen (secondary N) is 1. The summed E-state index contributed by atoms with van der Waals surface area (Å²) in [6, 6.07) is 7.73. The second-order valence-corrected chi connectivity index (χ2v) is 10.7. The average Bonchev–Trinajstić information content (AvgIpc) is 3.04. The molecule has 0 saturated carbocycles. The van der Waals surface area contributed by atoms with Crippen LogP contribution in [0.4, 0.5) is 5.69 Å². The van der Waals surface area contributed by atoms with Crippen molar-refractivity contribution in [1.29, 1.82) is 0 Å². The van der Waals surface area contributed by atoms with Gasteiger partial charge in [-0.1, -0.05) is 36.8 Å². The van der Waals surface area contributed by atoms with Gasteiger partial charge in [0.25, 0.3) is 10.0 Å². The Bertz CT molecular complexity index is 1020. The van der Waals surface area contributed by atoms with Gasteiger partial charge >= 0.3 is 0 Å². The minimum absolute atomic E-state index is 0.0594. The zero-order valence-electron chi connectivity index (χ0n) is 13.7. The molecule has 1 aromatic carbocycles. The number of benzene rings is 1. The number of Topliss-reactive ketones (excluding diaryl/α,β-unsaturated/α-hetero) is 1. The van der Waals surface area contributed by atoms with E-state index in [2.05, 4.69) is 20.7 Å². The van der Waals surface area contributed by atoms with Crippen molar-refractivity contribution < 1.29 is 13.2 Å². The highest BCUT2D eigenvalue weighted by molar-refractivity contribution is 9.11. The number of anilines is 1. The van der Waals surface area contributed by atoms with E-state index in [4.69, 9.17) is 11.6 Å². The van der Waals surface area contributed by atoms with Gasteiger partial charge < -0.3 is 0 Å². The summed E-state index contributed by atoms with van der Waals surface area (Å²) >= 11 is 10.4. The van der Waals surface area contributed by atoms with Crippen molar-refractivity contribution >= 4 is 60.4 Å². The number of carbonyl (C=O) groups excluding carboxylic acids is 1. The summed E-state index contributed by atoms with van der Waals surface area (Å²) in [6.07, 6.45) is 6.37. The number of rotatable bonds is 5. The maximum atomic E-state index is 13.0. The largest absolute Gasteiger partial charge is 0.289 e. The first-order chi connectivity index (χ1) is 12.3. The van der Waals surface area contributed by atoms with Gasteiger partial charge in [-0.25, -0.2) is 8.42 Å². The van der Waals surface area contributed by atoms with Gasteiger partial charge in [0, 0.05) is 16.2 Å². The maximum absolute atomic E-state index is 13.0. The van der Waals surface area contributed by atoms with Crippen LogP contribution in [0, 0.1) is 5.92 Å². The third-order valence-corrected chi connectivity index (χ3v) is 7.69. The van der Waals surface area contributed by atoms with Crippen molar-refractivity contribution in [2.75, 3.05) is 4.72 Å². The molecule has 136 valence electrons. The van der Waals surface area contributed by atoms with Gasteiger partial charge in [0.05, 0.1) is 9.47 Å². The molecule has 1 heterocycles. The second kappa shape index (κ2) is 7.68. The molecule has 8 heteroatoms. The molecule has 0 spiro atoms. The number of thiophene rings is 1. The highest BCUT2D eigenvalue weighted by Crippen LogP contribution is 2.32. The van der Waals surface area contributed by atoms with Crippen LogP contribution in [0.1, 0.15) is 23.7 Å². The van der Waals surface area contributed by atoms with Gasteiger partial charge in [-0.15, -0.1) is 11.3 Å². The number of hydrogen-bond donors (Lipinski definition) is 1. The Hall–Kier alpha value is -1.41. The van der Waals surface area contributed by atoms with E-state index in [-0.39, 0.29) is 27.2 Å². The Morgan fingerprint density at radius 3 is 2.73 bits per heavy atom.